The number of allylic oxidation sites excluding steroid dienone is 2. The van der Waals surface area contributed by atoms with Crippen molar-refractivity contribution in [2.75, 3.05) is 20.4 Å². The Morgan fingerprint density at radius 3 is 1.01 bits per heavy atom. The van der Waals surface area contributed by atoms with E-state index in [1.165, 1.54) is 205 Å². The summed E-state index contributed by atoms with van der Waals surface area (Å²) >= 11 is 21.2. The van der Waals surface area contributed by atoms with E-state index in [9.17, 15) is 49.7 Å². The van der Waals surface area contributed by atoms with Crippen LogP contribution in [-0.2, 0) is 14.3 Å². The fraction of sp³-hybridized carbons (Fsp3) is 0.960. The molecule has 0 aromatic heterocycles. The molecule has 10 nitrogen and oxygen atoms in total. The third-order valence-corrected chi connectivity index (χ3v) is 42.6. The van der Waals surface area contributed by atoms with E-state index in [4.69, 9.17) is 6.11 Å². The number of ketones is 2. The number of rotatable bonds is 2. The molecule has 0 aromatic rings. The van der Waals surface area contributed by atoms with Gasteiger partial charge in [-0.25, -0.2) is 0 Å². The highest BCUT2D eigenvalue weighted by atomic mass is 128. The van der Waals surface area contributed by atoms with Crippen LogP contribution in [0.1, 0.15) is 361 Å². The van der Waals surface area contributed by atoms with Gasteiger partial charge >= 0.3 is 0 Å². The van der Waals surface area contributed by atoms with E-state index < -0.39 is 29.6 Å². The molecule has 0 aromatic carbocycles. The summed E-state index contributed by atoms with van der Waals surface area (Å²) in [6, 6.07) is 0. The molecule has 21 heteroatoms. The summed E-state index contributed by atoms with van der Waals surface area (Å²) in [5, 5.41) is 73.9. The first-order valence-corrected chi connectivity index (χ1v) is 80.7. The number of hydrogen-bond donors (Lipinski definition) is 7. The first kappa shape index (κ1) is 108. The second kappa shape index (κ2) is 46.6. The molecule has 21 rings (SSSR count). The van der Waals surface area contributed by atoms with Gasteiger partial charge in [-0.3, -0.25) is 14.0 Å². The number of alkyl halides is 1. The Kier molecular flexibility index (Phi) is 41.4. The van der Waals surface area contributed by atoms with E-state index in [-0.39, 0.29) is 34.1 Å². The number of fused-ring (bicyclic) bond motifs is 25. The number of ether oxygens (including phenoxy) is 1. The lowest BCUT2D eigenvalue weighted by molar-refractivity contribution is -0.133. The molecular formula is C101H167FI10O10. The van der Waals surface area contributed by atoms with Crippen LogP contribution in [0.25, 0.3) is 0 Å². The van der Waals surface area contributed by atoms with Gasteiger partial charge in [-0.15, -0.1) is 0 Å². The van der Waals surface area contributed by atoms with Crippen molar-refractivity contribution in [1.29, 1.82) is 0 Å². The van der Waals surface area contributed by atoms with Crippen molar-refractivity contribution in [3.63, 3.8) is 0 Å². The Morgan fingerprint density at radius 2 is 0.656 bits per heavy atom. The van der Waals surface area contributed by atoms with E-state index in [0.29, 0.717) is 69.7 Å². The summed E-state index contributed by atoms with van der Waals surface area (Å²) in [6.45, 7) is 30.5. The summed E-state index contributed by atoms with van der Waals surface area (Å²) in [5.41, 5.74) is 1.17. The summed E-state index contributed by atoms with van der Waals surface area (Å²) < 4.78 is 20.4. The third-order valence-electron chi connectivity index (χ3n) is 42.6. The van der Waals surface area contributed by atoms with Crippen molar-refractivity contribution in [1.82, 2.24) is 0 Å². The molecule has 0 amide bonds. The standard InChI is InChI=1S/C20H34O2.C20H32O2.C20H32O.C18H30O2.C18H28O2.C4H8O.CH3F.5I2/c2*1-12(21)16-6-7-17-14-4-5-18-15(9-11-20(18,3)22)13(14)8-10-19(16,17)2;1-4-13-5-7-17-15-6-8-18-16(10-12-20(18,3)21)14(15)9-11-19(13,17)2;2*1-17-9-7-11-12(14(17)5-6-16(17)19)3-4-15-13(11)8-10-18(15,2)20;1-2-4-5-3-1;6*1-2/h12-18,21-22H,4-11H2,1-3H3;13-18,22H,4-11H2,1-3H3;4,14-18,21H,5-12H2,1-3H3;11-16,19-20H,3-10H2,1-2H3;11-15,20H,3-10H2,1-2H3;1-4H2;1H3;;;;;/b;;13-4-;;;;;;;;;/t12?,13-,14+,15+,16+,17-,18+,19+,20+;13-,14+,15+,16+,17-,18+,19+,20+;14-,15+,16+,17-,18+,19+,20+;11-,12+,13+,14-,15+,16-,17-,18+;11-,12+,13+,14-,15+,17-,18+;;;;;;;/m00000......./s1/i;;;;;;1D;;;;;. The number of hydrogen-bond acceptors (Lipinski definition) is 10. The predicted octanol–water partition coefficient (Wildman–Crippen LogP) is 30.3. The van der Waals surface area contributed by atoms with Crippen molar-refractivity contribution < 1.29 is 55.8 Å². The molecule has 0 bridgehead atoms. The lowest BCUT2D eigenvalue weighted by atomic mass is 9.51. The average Bonchev–Trinajstić information content (AvgIpc) is 1.59. The molecule has 122 heavy (non-hydrogen) atoms. The van der Waals surface area contributed by atoms with Crippen LogP contribution in [0.4, 0.5) is 4.39 Å². The summed E-state index contributed by atoms with van der Waals surface area (Å²) in [4.78, 5) is 24.4. The van der Waals surface area contributed by atoms with Gasteiger partial charge in [-0.1, -0.05) is 46.3 Å². The molecule has 7 N–H and O–H groups in total. The van der Waals surface area contributed by atoms with Gasteiger partial charge in [0.1, 0.15) is 11.6 Å². The number of halogens is 11. The molecule has 20 aliphatic carbocycles. The number of aliphatic hydroxyl groups excluding tert-OH is 2. The van der Waals surface area contributed by atoms with E-state index in [0.717, 1.165) is 190 Å². The van der Waals surface area contributed by atoms with Gasteiger partial charge in [0.2, 0.25) is 0 Å². The van der Waals surface area contributed by atoms with Gasteiger partial charge in [-0.2, -0.15) is 0 Å². The summed E-state index contributed by atoms with van der Waals surface area (Å²) in [5.74, 6) is 21.0. The zero-order valence-corrected chi connectivity index (χ0v) is 98.7. The molecule has 21 aliphatic rings. The van der Waals surface area contributed by atoms with Crippen LogP contribution < -0.4 is 0 Å². The SMILES string of the molecule is C/C=C1/CC[C@H]2[C@@H]3CC[C@@H]4[C@H](CC[C@@]4(C)O)[C@H]3CC[C@]12C.C1CCOC1.CC(=O)[C@H]1CC[C@H]2[C@@H]3CC[C@@H]4[C@H](CC[C@@]4(C)O)[C@H]3CC[C@]12C.CC(O)[C@H]1CC[C@H]2[C@@H]3CC[C@@H]4[C@H](CC[C@@]4(C)O)[C@H]3CC[C@]12C.C[C@@]1(O)CC[C@@H]2[C@H]3CC[C@]4(C)C(=O)CC[C@H]4[C@@H]3CC[C@H]21.C[C@]12CC[C@@H]3[C@H]4CC[C@@](C)(O)[C@@H]4CC[C@H]3[C@@H]1CC[C@@H]2O.II.II.II.II.II.[2H]CF. The first-order valence-electron chi connectivity index (χ1n) is 50.0. The van der Waals surface area contributed by atoms with Gasteiger partial charge in [0, 0.05) is 217 Å². The van der Waals surface area contributed by atoms with Crippen LogP contribution >= 0.6 is 186 Å². The first-order chi connectivity index (χ1) is 58.4. The molecule has 21 fully saturated rings. The van der Waals surface area contributed by atoms with Gasteiger partial charge < -0.3 is 40.5 Å². The maximum atomic E-state index is 12.3. The number of carbonyl (C=O) groups is 2. The molecule has 1 heterocycles. The van der Waals surface area contributed by atoms with Gasteiger partial charge in [-0.05, 0) is 494 Å². The molecular weight excluding hydrogens is 2660 g/mol. The molecule has 1 unspecified atom stereocenters. The molecule has 0 radical (unpaired) electrons. The monoisotopic (exact) mass is 2830 g/mol. The minimum absolute atomic E-state index is 0.00905. The normalized spacial score (nSPS) is 51.9. The fourth-order valence-electron chi connectivity index (χ4n) is 37.0. The highest BCUT2D eigenvalue weighted by molar-refractivity contribution is 15.0. The quantitative estimate of drug-likeness (QED) is 0.104. The zero-order chi connectivity index (χ0) is 90.7. The molecule has 708 valence electrons. The Balaban J connectivity index is 0.000000153. The smallest absolute Gasteiger partial charge is 0.139 e. The molecule has 20 saturated carbocycles. The molecule has 1 aliphatic heterocycles. The second-order valence-corrected chi connectivity index (χ2v) is 46.8. The van der Waals surface area contributed by atoms with Gasteiger partial charge in [0.05, 0.1) is 48.7 Å². The van der Waals surface area contributed by atoms with Crippen LogP contribution in [-0.4, -0.2) is 108 Å². The maximum Gasteiger partial charge on any atom is 0.139 e. The predicted molar refractivity (Wildman–Crippen MR) is 587 cm³/mol. The average molecular weight is 2830 g/mol. The lowest BCUT2D eigenvalue weighted by Crippen LogP contribution is -2.49. The highest BCUT2D eigenvalue weighted by Gasteiger charge is 2.66. The Labute approximate surface area is 860 Å². The summed E-state index contributed by atoms with van der Waals surface area (Å²) in [6.07, 6.45) is 53.7. The van der Waals surface area contributed by atoms with Crippen LogP contribution in [0.2, 0.25) is 0 Å². The minimum Gasteiger partial charge on any atom is -0.393 e. The third kappa shape index (κ3) is 21.7. The van der Waals surface area contributed by atoms with Crippen LogP contribution in [0, 0.1) is 187 Å². The topological polar surface area (TPSA) is 185 Å². The summed E-state index contributed by atoms with van der Waals surface area (Å²) in [7, 11) is -1.00. The van der Waals surface area contributed by atoms with E-state index in [2.05, 4.69) is 268 Å². The van der Waals surface area contributed by atoms with Crippen molar-refractivity contribution in [3.8, 4) is 0 Å². The van der Waals surface area contributed by atoms with E-state index in [1.807, 2.05) is 13.8 Å². The molecule has 0 spiro atoms. The largest absolute Gasteiger partial charge is 0.393 e. The van der Waals surface area contributed by atoms with E-state index >= 15 is 0 Å². The van der Waals surface area contributed by atoms with Crippen LogP contribution in [0.5, 0.6) is 0 Å². The van der Waals surface area contributed by atoms with E-state index in [1.54, 1.807) is 5.57 Å². The maximum absolute atomic E-state index is 12.3. The second-order valence-electron chi connectivity index (χ2n) is 46.8. The highest BCUT2D eigenvalue weighted by Crippen LogP contribution is 2.72. The van der Waals surface area contributed by atoms with Crippen molar-refractivity contribution in [2.45, 2.75) is 400 Å². The zero-order valence-electron chi connectivity index (χ0n) is 78.2. The fourth-order valence-corrected chi connectivity index (χ4v) is 37.0. The minimum atomic E-state index is -1.00. The van der Waals surface area contributed by atoms with Gasteiger partial charge in [0.25, 0.3) is 0 Å². The molecule has 39 atom stereocenters. The Morgan fingerprint density at radius 1 is 0.377 bits per heavy atom. The Bertz CT molecular complexity index is 3360. The van der Waals surface area contributed by atoms with Crippen molar-refractivity contribution in [2.24, 2.45) is 187 Å². The number of carbonyl (C=O) groups excluding carboxylic acids is 2. The van der Waals surface area contributed by atoms with Crippen molar-refractivity contribution >= 4 is 198 Å². The Hall–Kier alpha value is 5.99. The number of aliphatic hydroxyl groups is 7. The lowest BCUT2D eigenvalue weighted by Gasteiger charge is -2.54. The van der Waals surface area contributed by atoms with Gasteiger partial charge in [0.15, 0.2) is 0 Å². The van der Waals surface area contributed by atoms with Crippen LogP contribution in [0.3, 0.4) is 0 Å². The number of Topliss-reactive ketones (excluding diaryl/α,β-unsaturated/α-hetero) is 2. The molecule has 1 saturated heterocycles. The van der Waals surface area contributed by atoms with Crippen LogP contribution in [0.15, 0.2) is 11.6 Å². The van der Waals surface area contributed by atoms with Crippen molar-refractivity contribution in [3.05, 3.63) is 11.6 Å².